The molecule has 0 spiro atoms. The maximum Gasteiger partial charge on any atom is 0.0815 e. The molecule has 0 saturated heterocycles. The molecule has 0 aromatic rings. The molecule has 0 aliphatic carbocycles. The van der Waals surface area contributed by atoms with E-state index in [1.165, 1.54) is 6.54 Å². The molecule has 0 heterocycles. The van der Waals surface area contributed by atoms with Gasteiger partial charge in [-0.15, -0.1) is 0 Å². The summed E-state index contributed by atoms with van der Waals surface area (Å²) >= 11 is 0. The van der Waals surface area contributed by atoms with Gasteiger partial charge in [-0.1, -0.05) is 0 Å². The quantitative estimate of drug-likeness (QED) is 0.484. The molecule has 0 aliphatic rings. The summed E-state index contributed by atoms with van der Waals surface area (Å²) < 4.78 is 0. The third kappa shape index (κ3) is 3.92. The number of hydrogen-bond donors (Lipinski definition) is 2. The van der Waals surface area contributed by atoms with E-state index < -0.39 is 0 Å². The van der Waals surface area contributed by atoms with Gasteiger partial charge in [0.1, 0.15) is 0 Å². The van der Waals surface area contributed by atoms with E-state index in [1.54, 1.807) is 0 Å². The third-order valence-corrected chi connectivity index (χ3v) is 0.241. The topological polar surface area (TPSA) is 46.2 Å². The van der Waals surface area contributed by atoms with Gasteiger partial charge in [-0.25, -0.2) is 0 Å². The molecule has 2 nitrogen and oxygen atoms in total. The van der Waals surface area contributed by atoms with Crippen LogP contribution in [-0.2, 0) is 0 Å². The lowest BCUT2D eigenvalue weighted by Crippen LogP contribution is -1.88. The van der Waals surface area contributed by atoms with E-state index in [0.29, 0.717) is 6.42 Å². The molecule has 2 heteroatoms. The standard InChI is InChI=1S/C3H7NO/c4-2-1-3-5/h2-3,5H,1,4H2. The fourth-order valence-electron chi connectivity index (χ4n) is 0.0609. The second kappa shape index (κ2) is 3.92. The molecular formula is C3H7NO. The van der Waals surface area contributed by atoms with Gasteiger partial charge in [0.05, 0.1) is 6.61 Å². The molecule has 0 aliphatic heterocycles. The lowest BCUT2D eigenvalue weighted by Gasteiger charge is -1.78. The van der Waals surface area contributed by atoms with Crippen molar-refractivity contribution in [2.75, 3.05) is 0 Å². The fraction of sp³-hybridized carbons (Fsp3) is 0.333. The first-order valence-corrected chi connectivity index (χ1v) is 1.41. The number of aliphatic hydroxyl groups is 1. The Hall–Kier alpha value is -0.0800. The van der Waals surface area contributed by atoms with Crippen molar-refractivity contribution in [1.29, 1.82) is 0 Å². The zero-order valence-corrected chi connectivity index (χ0v) is 2.89. The summed E-state index contributed by atoms with van der Waals surface area (Å²) in [5.74, 6) is 0. The van der Waals surface area contributed by atoms with Crippen molar-refractivity contribution < 1.29 is 5.11 Å². The first-order chi connectivity index (χ1) is 2.41. The van der Waals surface area contributed by atoms with Gasteiger partial charge >= 0.3 is 0 Å². The van der Waals surface area contributed by atoms with Crippen LogP contribution in [0.4, 0.5) is 0 Å². The van der Waals surface area contributed by atoms with Gasteiger partial charge in [0.15, 0.2) is 0 Å². The van der Waals surface area contributed by atoms with E-state index in [0.717, 1.165) is 6.61 Å². The van der Waals surface area contributed by atoms with E-state index in [9.17, 15) is 0 Å². The lowest BCUT2D eigenvalue weighted by molar-refractivity contribution is 0.383. The first kappa shape index (κ1) is 4.92. The average molecular weight is 73.1 g/mol. The number of rotatable bonds is 2. The zero-order chi connectivity index (χ0) is 4.12. The summed E-state index contributed by atoms with van der Waals surface area (Å²) in [7, 11) is 0. The smallest absolute Gasteiger partial charge is 0.0815 e. The van der Waals surface area contributed by atoms with E-state index in [1.807, 2.05) is 0 Å². The van der Waals surface area contributed by atoms with Gasteiger partial charge in [-0.05, 0) is 6.42 Å². The Balaban J connectivity index is 2.19. The predicted molar refractivity (Wildman–Crippen MR) is 19.3 cm³/mol. The molecule has 30 valence electrons. The van der Waals surface area contributed by atoms with Gasteiger partial charge in [-0.2, -0.15) is 0 Å². The van der Waals surface area contributed by atoms with E-state index in [-0.39, 0.29) is 0 Å². The fourth-order valence-corrected chi connectivity index (χ4v) is 0.0609. The van der Waals surface area contributed by atoms with Gasteiger partial charge in [0.25, 0.3) is 0 Å². The van der Waals surface area contributed by atoms with Gasteiger partial charge in [0.2, 0.25) is 0 Å². The average Bonchev–Trinajstić information content (AvgIpc) is 1.41. The maximum atomic E-state index is 7.83. The Morgan fingerprint density at radius 2 is 2.40 bits per heavy atom. The Morgan fingerprint density at radius 1 is 1.80 bits per heavy atom. The lowest BCUT2D eigenvalue weighted by atomic mass is 10.5. The van der Waals surface area contributed by atoms with Crippen LogP contribution in [0.15, 0.2) is 0 Å². The van der Waals surface area contributed by atoms with Crippen LogP contribution in [0.25, 0.3) is 0 Å². The van der Waals surface area contributed by atoms with Crippen LogP contribution in [0, 0.1) is 13.2 Å². The second-order valence-electron chi connectivity index (χ2n) is 0.654. The van der Waals surface area contributed by atoms with Crippen molar-refractivity contribution in [3.63, 3.8) is 0 Å². The second-order valence-corrected chi connectivity index (χ2v) is 0.654. The zero-order valence-electron chi connectivity index (χ0n) is 2.89. The van der Waals surface area contributed by atoms with Gasteiger partial charge < -0.3 is 10.8 Å². The Kier molecular flexibility index (Phi) is 3.86. The maximum absolute atomic E-state index is 7.83. The SMILES string of the molecule is N[CH]C[CH]O. The minimum Gasteiger partial charge on any atom is -0.390 e. The summed E-state index contributed by atoms with van der Waals surface area (Å²) in [5, 5.41) is 7.83. The van der Waals surface area contributed by atoms with Crippen LogP contribution in [-0.4, -0.2) is 5.11 Å². The highest BCUT2D eigenvalue weighted by atomic mass is 16.2. The molecule has 0 atom stereocenters. The van der Waals surface area contributed by atoms with Crippen LogP contribution in [0.2, 0.25) is 0 Å². The molecule has 0 bridgehead atoms. The Labute approximate surface area is 31.6 Å². The number of hydrogen-bond acceptors (Lipinski definition) is 2. The molecule has 0 fully saturated rings. The van der Waals surface area contributed by atoms with Crippen LogP contribution < -0.4 is 5.73 Å². The monoisotopic (exact) mass is 73.1 g/mol. The number of aliphatic hydroxyl groups excluding tert-OH is 1. The molecule has 2 radical (unpaired) electrons. The molecule has 0 amide bonds. The third-order valence-electron chi connectivity index (χ3n) is 0.241. The number of nitrogens with two attached hydrogens (primary N) is 1. The van der Waals surface area contributed by atoms with E-state index >= 15 is 0 Å². The summed E-state index contributed by atoms with van der Waals surface area (Å²) in [6.45, 7) is 2.38. The summed E-state index contributed by atoms with van der Waals surface area (Å²) in [6, 6.07) is 0. The van der Waals surface area contributed by atoms with Crippen molar-refractivity contribution in [2.24, 2.45) is 5.73 Å². The van der Waals surface area contributed by atoms with Gasteiger partial charge in [0, 0.05) is 6.54 Å². The minimum atomic E-state index is 0.472. The molecule has 3 N–H and O–H groups in total. The minimum absolute atomic E-state index is 0.472. The van der Waals surface area contributed by atoms with Crippen LogP contribution in [0.1, 0.15) is 6.42 Å². The highest BCUT2D eigenvalue weighted by molar-refractivity contribution is 4.57. The Morgan fingerprint density at radius 3 is 2.40 bits per heavy atom. The van der Waals surface area contributed by atoms with Crippen molar-refractivity contribution in [2.45, 2.75) is 6.42 Å². The first-order valence-electron chi connectivity index (χ1n) is 1.41. The molecule has 0 unspecified atom stereocenters. The molecule has 0 aromatic heterocycles. The van der Waals surface area contributed by atoms with Crippen molar-refractivity contribution in [3.8, 4) is 0 Å². The van der Waals surface area contributed by atoms with Crippen molar-refractivity contribution in [3.05, 3.63) is 13.2 Å². The summed E-state index contributed by atoms with van der Waals surface area (Å²) in [5.41, 5.74) is 4.82. The highest BCUT2D eigenvalue weighted by Gasteiger charge is 1.71. The Bertz CT molecular complexity index is 14.4. The van der Waals surface area contributed by atoms with Crippen LogP contribution in [0.3, 0.4) is 0 Å². The normalized spacial score (nSPS) is 8.40. The van der Waals surface area contributed by atoms with E-state index in [4.69, 9.17) is 10.8 Å². The molecular weight excluding hydrogens is 66.0 g/mol. The highest BCUT2D eigenvalue weighted by Crippen LogP contribution is 1.75. The largest absolute Gasteiger partial charge is 0.390 e. The molecule has 0 saturated carbocycles. The van der Waals surface area contributed by atoms with Crippen LogP contribution >= 0.6 is 0 Å². The van der Waals surface area contributed by atoms with Crippen LogP contribution in [0.5, 0.6) is 0 Å². The molecule has 0 aromatic carbocycles. The molecule has 5 heavy (non-hydrogen) atoms. The summed E-state index contributed by atoms with van der Waals surface area (Å²) in [6.07, 6.45) is 0.472. The van der Waals surface area contributed by atoms with Crippen molar-refractivity contribution >= 4 is 0 Å². The predicted octanol–water partition coefficient (Wildman–Crippen LogP) is 0.0313. The van der Waals surface area contributed by atoms with Crippen molar-refractivity contribution in [1.82, 2.24) is 0 Å². The molecule has 0 rings (SSSR count). The summed E-state index contributed by atoms with van der Waals surface area (Å²) in [4.78, 5) is 0. The van der Waals surface area contributed by atoms with E-state index in [2.05, 4.69) is 0 Å². The van der Waals surface area contributed by atoms with Gasteiger partial charge in [-0.3, -0.25) is 0 Å².